The van der Waals surface area contributed by atoms with Crippen LogP contribution >= 0.6 is 0 Å². The second-order valence-corrected chi connectivity index (χ2v) is 3.37. The van der Waals surface area contributed by atoms with E-state index in [9.17, 15) is 5.21 Å². The molecule has 0 saturated carbocycles. The molecule has 4 heteroatoms. The van der Waals surface area contributed by atoms with E-state index < -0.39 is 0 Å². The van der Waals surface area contributed by atoms with Gasteiger partial charge in [-0.05, 0) is 24.0 Å². The van der Waals surface area contributed by atoms with Crippen LogP contribution in [-0.4, -0.2) is 9.97 Å². The van der Waals surface area contributed by atoms with Crippen molar-refractivity contribution in [2.45, 2.75) is 13.8 Å². The second-order valence-electron chi connectivity index (χ2n) is 3.37. The van der Waals surface area contributed by atoms with E-state index in [4.69, 9.17) is 0 Å². The molecular weight excluding hydrogens is 190 g/mol. The van der Waals surface area contributed by atoms with Gasteiger partial charge in [-0.15, -0.1) is 0 Å². The van der Waals surface area contributed by atoms with Crippen molar-refractivity contribution in [3.05, 3.63) is 47.1 Å². The highest BCUT2D eigenvalue weighted by Crippen LogP contribution is 2.10. The van der Waals surface area contributed by atoms with Crippen molar-refractivity contribution < 1.29 is 4.73 Å². The Kier molecular flexibility index (Phi) is 2.33. The minimum absolute atomic E-state index is 0.355. The van der Waals surface area contributed by atoms with Crippen molar-refractivity contribution in [2.75, 3.05) is 0 Å². The maximum atomic E-state index is 11.7. The van der Waals surface area contributed by atoms with E-state index in [0.717, 1.165) is 10.4 Å². The SMILES string of the molecule is Cc1cc(C)[n+]([O-])c(-c2ccccn2)n1. The summed E-state index contributed by atoms with van der Waals surface area (Å²) in [7, 11) is 0. The normalized spacial score (nSPS) is 10.3. The van der Waals surface area contributed by atoms with Gasteiger partial charge in [0, 0.05) is 19.2 Å². The molecule has 0 unspecified atom stereocenters. The van der Waals surface area contributed by atoms with Crippen molar-refractivity contribution >= 4 is 0 Å². The van der Waals surface area contributed by atoms with Gasteiger partial charge in [-0.2, -0.15) is 0 Å². The smallest absolute Gasteiger partial charge is 0.352 e. The Morgan fingerprint density at radius 1 is 1.27 bits per heavy atom. The van der Waals surface area contributed by atoms with Crippen LogP contribution in [0.1, 0.15) is 11.4 Å². The summed E-state index contributed by atoms with van der Waals surface area (Å²) in [5, 5.41) is 11.7. The summed E-state index contributed by atoms with van der Waals surface area (Å²) in [4.78, 5) is 8.30. The maximum Gasteiger partial charge on any atom is 0.352 e. The standard InChI is InChI=1S/C11H11N3O/c1-8-7-9(2)14(15)11(13-8)10-5-3-4-6-12-10/h3-7H,1-2H3. The molecule has 15 heavy (non-hydrogen) atoms. The zero-order chi connectivity index (χ0) is 10.8. The number of pyridine rings is 1. The van der Waals surface area contributed by atoms with Gasteiger partial charge in [0.2, 0.25) is 0 Å². The summed E-state index contributed by atoms with van der Waals surface area (Å²) in [5.41, 5.74) is 2.04. The van der Waals surface area contributed by atoms with Crippen LogP contribution in [0.15, 0.2) is 30.5 Å². The molecule has 0 saturated heterocycles. The van der Waals surface area contributed by atoms with Crippen LogP contribution in [0.3, 0.4) is 0 Å². The Bertz CT molecular complexity index is 483. The lowest BCUT2D eigenvalue weighted by molar-refractivity contribution is -0.603. The van der Waals surface area contributed by atoms with Crippen molar-refractivity contribution in [1.82, 2.24) is 9.97 Å². The lowest BCUT2D eigenvalue weighted by Crippen LogP contribution is -2.34. The van der Waals surface area contributed by atoms with Crippen LogP contribution in [0.4, 0.5) is 0 Å². The predicted octanol–water partition coefficient (Wildman–Crippen LogP) is 1.39. The monoisotopic (exact) mass is 201 g/mol. The largest absolute Gasteiger partial charge is 0.710 e. The topological polar surface area (TPSA) is 52.7 Å². The van der Waals surface area contributed by atoms with E-state index in [2.05, 4.69) is 9.97 Å². The number of hydrogen-bond donors (Lipinski definition) is 0. The van der Waals surface area contributed by atoms with E-state index in [1.54, 1.807) is 31.3 Å². The number of aryl methyl sites for hydroxylation is 2. The summed E-state index contributed by atoms with van der Waals surface area (Å²) in [6, 6.07) is 7.16. The Hall–Kier alpha value is -1.97. The predicted molar refractivity (Wildman–Crippen MR) is 55.9 cm³/mol. The molecule has 0 aliphatic rings. The van der Waals surface area contributed by atoms with Crippen LogP contribution in [0, 0.1) is 19.1 Å². The average molecular weight is 201 g/mol. The first-order valence-corrected chi connectivity index (χ1v) is 4.67. The third-order valence-electron chi connectivity index (χ3n) is 2.11. The van der Waals surface area contributed by atoms with Gasteiger partial charge in [0.15, 0.2) is 11.4 Å². The van der Waals surface area contributed by atoms with Crippen LogP contribution in [0.25, 0.3) is 11.5 Å². The second kappa shape index (κ2) is 3.65. The molecule has 0 radical (unpaired) electrons. The fraction of sp³-hybridized carbons (Fsp3) is 0.182. The van der Waals surface area contributed by atoms with E-state index in [0.29, 0.717) is 17.2 Å². The van der Waals surface area contributed by atoms with Crippen molar-refractivity contribution in [3.63, 3.8) is 0 Å². The molecule has 2 rings (SSSR count). The third kappa shape index (κ3) is 1.79. The van der Waals surface area contributed by atoms with E-state index in [1.165, 1.54) is 0 Å². The number of nitrogens with zero attached hydrogens (tertiary/aromatic N) is 3. The lowest BCUT2D eigenvalue weighted by Gasteiger charge is -2.08. The van der Waals surface area contributed by atoms with E-state index in [1.807, 2.05) is 13.0 Å². The zero-order valence-electron chi connectivity index (χ0n) is 8.64. The van der Waals surface area contributed by atoms with Gasteiger partial charge < -0.3 is 5.21 Å². The van der Waals surface area contributed by atoms with Crippen molar-refractivity contribution in [2.24, 2.45) is 0 Å². The summed E-state index contributed by atoms with van der Waals surface area (Å²) < 4.78 is 0.801. The van der Waals surface area contributed by atoms with Gasteiger partial charge in [-0.3, -0.25) is 0 Å². The Morgan fingerprint density at radius 3 is 2.73 bits per heavy atom. The van der Waals surface area contributed by atoms with Crippen molar-refractivity contribution in [3.8, 4) is 11.5 Å². The molecule has 0 bridgehead atoms. The molecule has 2 aromatic heterocycles. The molecule has 76 valence electrons. The molecule has 0 fully saturated rings. The van der Waals surface area contributed by atoms with Crippen molar-refractivity contribution in [1.29, 1.82) is 0 Å². The first-order valence-electron chi connectivity index (χ1n) is 4.67. The zero-order valence-corrected chi connectivity index (χ0v) is 8.64. The van der Waals surface area contributed by atoms with Crippen LogP contribution < -0.4 is 4.73 Å². The highest BCUT2D eigenvalue weighted by molar-refractivity contribution is 5.45. The molecule has 4 nitrogen and oxygen atoms in total. The molecule has 2 aromatic rings. The summed E-state index contributed by atoms with van der Waals surface area (Å²) >= 11 is 0. The highest BCUT2D eigenvalue weighted by Gasteiger charge is 2.14. The molecular formula is C11H11N3O. The van der Waals surface area contributed by atoms with E-state index >= 15 is 0 Å². The molecule has 0 N–H and O–H groups in total. The van der Waals surface area contributed by atoms with Crippen LogP contribution in [0.5, 0.6) is 0 Å². The Morgan fingerprint density at radius 2 is 2.07 bits per heavy atom. The number of hydrogen-bond acceptors (Lipinski definition) is 3. The molecule has 0 atom stereocenters. The van der Waals surface area contributed by atoms with Gasteiger partial charge in [-0.1, -0.05) is 6.07 Å². The van der Waals surface area contributed by atoms with Gasteiger partial charge in [-0.25, -0.2) is 9.71 Å². The quantitative estimate of drug-likeness (QED) is 0.517. The highest BCUT2D eigenvalue weighted by atomic mass is 16.5. The van der Waals surface area contributed by atoms with E-state index in [-0.39, 0.29) is 0 Å². The number of aromatic nitrogens is 3. The van der Waals surface area contributed by atoms with Gasteiger partial charge in [0.05, 0.1) is 0 Å². The average Bonchev–Trinajstić information content (AvgIpc) is 2.24. The molecule has 0 aliphatic heterocycles. The maximum absolute atomic E-state index is 11.7. The summed E-state index contributed by atoms with van der Waals surface area (Å²) in [6.07, 6.45) is 1.65. The summed E-state index contributed by atoms with van der Waals surface area (Å²) in [6.45, 7) is 3.62. The van der Waals surface area contributed by atoms with Crippen LogP contribution in [0.2, 0.25) is 0 Å². The third-order valence-corrected chi connectivity index (χ3v) is 2.11. The first-order chi connectivity index (χ1) is 7.18. The molecule has 0 aromatic carbocycles. The minimum atomic E-state index is 0.355. The Balaban J connectivity index is 2.63. The molecule has 0 spiro atoms. The fourth-order valence-electron chi connectivity index (χ4n) is 1.43. The lowest BCUT2D eigenvalue weighted by atomic mass is 10.3. The van der Waals surface area contributed by atoms with Gasteiger partial charge in [0.25, 0.3) is 0 Å². The minimum Gasteiger partial charge on any atom is -0.710 e. The molecule has 0 aliphatic carbocycles. The fourth-order valence-corrected chi connectivity index (χ4v) is 1.43. The van der Waals surface area contributed by atoms with Crippen LogP contribution in [-0.2, 0) is 0 Å². The Labute approximate surface area is 87.8 Å². The molecule has 0 amide bonds. The molecule has 2 heterocycles. The summed E-state index contributed by atoms with van der Waals surface area (Å²) in [5.74, 6) is 0.355. The first kappa shape index (κ1) is 9.58. The number of rotatable bonds is 1. The van der Waals surface area contributed by atoms with Gasteiger partial charge in [0.1, 0.15) is 5.69 Å². The van der Waals surface area contributed by atoms with Gasteiger partial charge >= 0.3 is 5.82 Å².